The zero-order chi connectivity index (χ0) is 21.0. The van der Waals surface area contributed by atoms with Crippen LogP contribution in [-0.4, -0.2) is 38.8 Å². The monoisotopic (exact) mass is 431 g/mol. The van der Waals surface area contributed by atoms with Crippen LogP contribution in [0.1, 0.15) is 48.0 Å². The van der Waals surface area contributed by atoms with Crippen LogP contribution in [0.2, 0.25) is 0 Å². The Hall–Kier alpha value is -2.52. The van der Waals surface area contributed by atoms with Crippen LogP contribution in [0.25, 0.3) is 10.6 Å². The number of H-pyrrole nitrogens is 1. The van der Waals surface area contributed by atoms with Gasteiger partial charge in [0.2, 0.25) is 0 Å². The summed E-state index contributed by atoms with van der Waals surface area (Å²) >= 11 is 6.65. The van der Waals surface area contributed by atoms with Gasteiger partial charge in [0, 0.05) is 24.6 Å². The van der Waals surface area contributed by atoms with Gasteiger partial charge in [-0.05, 0) is 64.2 Å². The van der Waals surface area contributed by atoms with Crippen molar-refractivity contribution >= 4 is 29.5 Å². The van der Waals surface area contributed by atoms with Crippen molar-refractivity contribution in [2.45, 2.75) is 40.2 Å². The Morgan fingerprint density at radius 3 is 2.72 bits per heavy atom. The molecule has 1 aromatic carbocycles. The van der Waals surface area contributed by atoms with E-state index in [-0.39, 0.29) is 11.9 Å². The topological polar surface area (TPSA) is 84.8 Å². The highest BCUT2D eigenvalue weighted by Crippen LogP contribution is 2.29. The zero-order valence-electron chi connectivity index (χ0n) is 17.0. The molecule has 2 N–H and O–H groups in total. The molecule has 2 aromatic heterocycles. The predicted octanol–water partition coefficient (Wildman–Crippen LogP) is 4.32. The number of ether oxygens (including phenoxy) is 1. The van der Waals surface area contributed by atoms with Gasteiger partial charge in [-0.1, -0.05) is 0 Å². The molecule has 9 heteroatoms. The van der Waals surface area contributed by atoms with Crippen molar-refractivity contribution < 1.29 is 9.53 Å². The molecular weight excluding hydrogens is 406 g/mol. The van der Waals surface area contributed by atoms with E-state index in [4.69, 9.17) is 17.0 Å². The third-order valence-corrected chi connectivity index (χ3v) is 5.84. The number of aryl methyl sites for hydroxylation is 1. The van der Waals surface area contributed by atoms with Gasteiger partial charge in [0.1, 0.15) is 21.5 Å². The van der Waals surface area contributed by atoms with Gasteiger partial charge < -0.3 is 14.6 Å². The lowest BCUT2D eigenvalue weighted by molar-refractivity contribution is 0.0957. The maximum atomic E-state index is 12.6. The van der Waals surface area contributed by atoms with E-state index in [1.165, 1.54) is 11.3 Å². The minimum Gasteiger partial charge on any atom is -0.494 e. The average molecular weight is 432 g/mol. The summed E-state index contributed by atoms with van der Waals surface area (Å²) in [5, 5.41) is 10.9. The number of carbonyl (C=O) groups is 1. The summed E-state index contributed by atoms with van der Waals surface area (Å²) in [5.74, 6) is 1.53. The highest BCUT2D eigenvalue weighted by Gasteiger charge is 2.17. The molecule has 3 aromatic rings. The Morgan fingerprint density at radius 2 is 2.07 bits per heavy atom. The van der Waals surface area contributed by atoms with E-state index in [0.29, 0.717) is 29.2 Å². The highest BCUT2D eigenvalue weighted by atomic mass is 32.1. The molecule has 0 bridgehead atoms. The van der Waals surface area contributed by atoms with Crippen LogP contribution in [0.4, 0.5) is 0 Å². The molecule has 0 saturated heterocycles. The van der Waals surface area contributed by atoms with Crippen LogP contribution >= 0.6 is 23.6 Å². The molecule has 0 aliphatic carbocycles. The van der Waals surface area contributed by atoms with Crippen LogP contribution < -0.4 is 10.1 Å². The van der Waals surface area contributed by atoms with Crippen molar-refractivity contribution in [1.29, 1.82) is 0 Å². The molecule has 0 saturated carbocycles. The maximum absolute atomic E-state index is 12.6. The molecular formula is C20H25N5O2S2. The number of benzene rings is 1. The van der Waals surface area contributed by atoms with E-state index in [1.807, 2.05) is 42.7 Å². The quantitative estimate of drug-likeness (QED) is 0.519. The first kappa shape index (κ1) is 21.2. The number of carbonyl (C=O) groups excluding carboxylic acids is 1. The third-order valence-electron chi connectivity index (χ3n) is 4.34. The number of aromatic amines is 1. The second-order valence-electron chi connectivity index (χ2n) is 6.81. The van der Waals surface area contributed by atoms with E-state index < -0.39 is 0 Å². The largest absolute Gasteiger partial charge is 0.494 e. The van der Waals surface area contributed by atoms with Crippen molar-refractivity contribution in [3.8, 4) is 16.3 Å². The molecule has 0 aliphatic heterocycles. The van der Waals surface area contributed by atoms with E-state index in [2.05, 4.69) is 34.3 Å². The van der Waals surface area contributed by atoms with Crippen molar-refractivity contribution in [3.63, 3.8) is 0 Å². The molecule has 0 aliphatic rings. The third kappa shape index (κ3) is 4.91. The van der Waals surface area contributed by atoms with E-state index in [9.17, 15) is 4.79 Å². The summed E-state index contributed by atoms with van der Waals surface area (Å²) in [6.07, 6.45) is 0.598. The Balaban J connectivity index is 1.65. The number of rotatable bonds is 8. The molecule has 7 nitrogen and oxygen atoms in total. The highest BCUT2D eigenvalue weighted by molar-refractivity contribution is 7.71. The number of nitrogens with one attached hydrogen (secondary N) is 2. The first-order valence-electron chi connectivity index (χ1n) is 9.55. The Morgan fingerprint density at radius 1 is 1.34 bits per heavy atom. The van der Waals surface area contributed by atoms with Gasteiger partial charge in [0.05, 0.1) is 12.3 Å². The van der Waals surface area contributed by atoms with E-state index in [0.717, 1.165) is 27.8 Å². The fraction of sp³-hybridized carbons (Fsp3) is 0.400. The fourth-order valence-electron chi connectivity index (χ4n) is 3.01. The number of aromatic nitrogens is 4. The standard InChI is InChI=1S/C20H25N5O2S2/c1-5-27-15-8-6-14(7-9-15)19-22-13(4)17(29-19)18(26)21-11-10-16-23-24-20(28)25(16)12(2)3/h6-9,12H,5,10-11H2,1-4H3,(H,21,26)(H,24,28). The normalized spacial score (nSPS) is 11.1. The lowest BCUT2D eigenvalue weighted by atomic mass is 10.2. The first-order chi connectivity index (χ1) is 13.9. The molecule has 0 radical (unpaired) electrons. The maximum Gasteiger partial charge on any atom is 0.263 e. The van der Waals surface area contributed by atoms with Crippen LogP contribution in [0.3, 0.4) is 0 Å². The van der Waals surface area contributed by atoms with Crippen LogP contribution in [-0.2, 0) is 6.42 Å². The van der Waals surface area contributed by atoms with E-state index >= 15 is 0 Å². The van der Waals surface area contributed by atoms with Crippen molar-refractivity contribution in [2.24, 2.45) is 0 Å². The van der Waals surface area contributed by atoms with Gasteiger partial charge in [-0.15, -0.1) is 11.3 Å². The summed E-state index contributed by atoms with van der Waals surface area (Å²) in [6, 6.07) is 7.96. The molecule has 0 fully saturated rings. The second-order valence-corrected chi connectivity index (χ2v) is 8.19. The van der Waals surface area contributed by atoms with Gasteiger partial charge in [-0.2, -0.15) is 5.10 Å². The summed E-state index contributed by atoms with van der Waals surface area (Å²) < 4.78 is 8.03. The average Bonchev–Trinajstić information content (AvgIpc) is 3.25. The van der Waals surface area contributed by atoms with Gasteiger partial charge in [-0.3, -0.25) is 9.89 Å². The molecule has 1 amide bonds. The summed E-state index contributed by atoms with van der Waals surface area (Å²) in [4.78, 5) is 17.8. The van der Waals surface area contributed by atoms with Crippen molar-refractivity contribution in [2.75, 3.05) is 13.2 Å². The molecule has 154 valence electrons. The van der Waals surface area contributed by atoms with Gasteiger partial charge in [-0.25, -0.2) is 4.98 Å². The molecule has 29 heavy (non-hydrogen) atoms. The van der Waals surface area contributed by atoms with E-state index in [1.54, 1.807) is 0 Å². The lowest BCUT2D eigenvalue weighted by Gasteiger charge is -2.10. The lowest BCUT2D eigenvalue weighted by Crippen LogP contribution is -2.26. The van der Waals surface area contributed by atoms with Crippen LogP contribution in [0, 0.1) is 11.7 Å². The molecule has 3 rings (SSSR count). The number of hydrogen-bond acceptors (Lipinski definition) is 6. The summed E-state index contributed by atoms with van der Waals surface area (Å²) in [5.41, 5.74) is 1.69. The zero-order valence-corrected chi connectivity index (χ0v) is 18.6. The van der Waals surface area contributed by atoms with Crippen LogP contribution in [0.15, 0.2) is 24.3 Å². The Bertz CT molecular complexity index is 1030. The van der Waals surface area contributed by atoms with Crippen LogP contribution in [0.5, 0.6) is 5.75 Å². The van der Waals surface area contributed by atoms with Gasteiger partial charge >= 0.3 is 0 Å². The first-order valence-corrected chi connectivity index (χ1v) is 10.8. The smallest absolute Gasteiger partial charge is 0.263 e. The minimum atomic E-state index is -0.123. The van der Waals surface area contributed by atoms with Gasteiger partial charge in [0.25, 0.3) is 5.91 Å². The Kier molecular flexibility index (Phi) is 6.81. The molecule has 2 heterocycles. The Labute approximate surface area is 179 Å². The SMILES string of the molecule is CCOc1ccc(-c2nc(C)c(C(=O)NCCc3n[nH]c(=S)n3C(C)C)s2)cc1. The summed E-state index contributed by atoms with van der Waals surface area (Å²) in [7, 11) is 0. The molecule has 0 spiro atoms. The molecule has 0 atom stereocenters. The van der Waals surface area contributed by atoms with Crippen molar-refractivity contribution in [1.82, 2.24) is 25.1 Å². The number of hydrogen-bond donors (Lipinski definition) is 2. The predicted molar refractivity (Wildman–Crippen MR) is 117 cm³/mol. The number of thiazole rings is 1. The molecule has 0 unspecified atom stereocenters. The van der Waals surface area contributed by atoms with Gasteiger partial charge in [0.15, 0.2) is 4.77 Å². The fourth-order valence-corrected chi connectivity index (χ4v) is 4.36. The minimum absolute atomic E-state index is 0.123. The number of nitrogens with zero attached hydrogens (tertiary/aromatic N) is 3. The second kappa shape index (κ2) is 9.32. The van der Waals surface area contributed by atoms with Crippen molar-refractivity contribution in [3.05, 3.63) is 45.4 Å². The summed E-state index contributed by atoms with van der Waals surface area (Å²) in [6.45, 7) is 9.01. The number of amides is 1.